The van der Waals surface area contributed by atoms with Crippen LogP contribution in [0.25, 0.3) is 10.7 Å². The number of thiophene rings is 1. The van der Waals surface area contributed by atoms with E-state index in [4.69, 9.17) is 9.26 Å². The van der Waals surface area contributed by atoms with Crippen molar-refractivity contribution in [2.24, 2.45) is 5.92 Å². The van der Waals surface area contributed by atoms with Gasteiger partial charge >= 0.3 is 0 Å². The minimum atomic E-state index is -3.66. The Morgan fingerprint density at radius 1 is 1.31 bits per heavy atom. The third-order valence-electron chi connectivity index (χ3n) is 6.00. The fourth-order valence-corrected chi connectivity index (χ4v) is 7.02. The van der Waals surface area contributed by atoms with Crippen LogP contribution >= 0.6 is 11.3 Å². The number of aromatic nitrogens is 2. The van der Waals surface area contributed by atoms with E-state index in [1.807, 2.05) is 13.8 Å². The molecule has 0 spiro atoms. The highest BCUT2D eigenvalue weighted by Gasteiger charge is 2.34. The second-order valence-corrected chi connectivity index (χ2v) is 11.9. The van der Waals surface area contributed by atoms with E-state index in [-0.39, 0.29) is 28.7 Å². The number of ether oxygens (including phenoxy) is 1. The minimum absolute atomic E-state index is 0.00962. The van der Waals surface area contributed by atoms with E-state index in [9.17, 15) is 13.2 Å². The Labute approximate surface area is 192 Å². The molecule has 1 amide bonds. The van der Waals surface area contributed by atoms with Crippen molar-refractivity contribution in [2.45, 2.75) is 63.4 Å². The summed E-state index contributed by atoms with van der Waals surface area (Å²) in [5, 5.41) is 6.96. The number of nitrogens with zero attached hydrogens (tertiary/aromatic N) is 3. The summed E-state index contributed by atoms with van der Waals surface area (Å²) in [5.74, 6) is 0.852. The van der Waals surface area contributed by atoms with Gasteiger partial charge in [0.15, 0.2) is 0 Å². The van der Waals surface area contributed by atoms with Gasteiger partial charge in [0.25, 0.3) is 0 Å². The third kappa shape index (κ3) is 4.90. The largest absolute Gasteiger partial charge is 0.376 e. The molecule has 176 valence electrons. The molecule has 2 fully saturated rings. The van der Waals surface area contributed by atoms with Crippen molar-refractivity contribution in [3.63, 3.8) is 0 Å². The number of aryl methyl sites for hydroxylation is 1. The van der Waals surface area contributed by atoms with E-state index in [0.717, 1.165) is 19.4 Å². The van der Waals surface area contributed by atoms with Crippen LogP contribution in [-0.2, 0) is 19.6 Å². The van der Waals surface area contributed by atoms with Crippen LogP contribution in [0.15, 0.2) is 15.5 Å². The van der Waals surface area contributed by atoms with Gasteiger partial charge in [0.1, 0.15) is 0 Å². The first-order chi connectivity index (χ1) is 15.3. The monoisotopic (exact) mass is 482 g/mol. The molecule has 0 aromatic carbocycles. The number of hydrogen-bond donors (Lipinski definition) is 1. The number of sulfonamides is 1. The lowest BCUT2D eigenvalue weighted by Gasteiger charge is -2.30. The standard InChI is InChI=1S/C21H30N4O5S2/c1-13(2)21-23-19(24-30-21)17-11-18(14(3)31-17)32(27,28)25-8-6-15(7-9-25)20(26)22-12-16-5-4-10-29-16/h11,13,15-16H,4-10,12H2,1-3H3,(H,22,26)/t16-/m1/s1. The second-order valence-electron chi connectivity index (χ2n) is 8.70. The minimum Gasteiger partial charge on any atom is -0.376 e. The maximum Gasteiger partial charge on any atom is 0.244 e. The number of nitrogens with one attached hydrogen (secondary N) is 1. The van der Waals surface area contributed by atoms with Gasteiger partial charge in [-0.25, -0.2) is 8.42 Å². The average molecular weight is 483 g/mol. The molecule has 11 heteroatoms. The first-order valence-corrected chi connectivity index (χ1v) is 13.3. The molecule has 2 aromatic heterocycles. The van der Waals surface area contributed by atoms with E-state index >= 15 is 0 Å². The molecule has 0 unspecified atom stereocenters. The van der Waals surface area contributed by atoms with Gasteiger partial charge in [0.05, 0.1) is 15.9 Å². The molecule has 2 aliphatic heterocycles. The zero-order valence-electron chi connectivity index (χ0n) is 18.7. The normalized spacial score (nSPS) is 20.8. The number of rotatable bonds is 7. The lowest BCUT2D eigenvalue weighted by molar-refractivity contribution is -0.126. The van der Waals surface area contributed by atoms with Crippen molar-refractivity contribution in [3.8, 4) is 10.7 Å². The van der Waals surface area contributed by atoms with E-state index < -0.39 is 10.0 Å². The highest BCUT2D eigenvalue weighted by molar-refractivity contribution is 7.89. The molecular formula is C21H30N4O5S2. The number of amides is 1. The fourth-order valence-electron chi connectivity index (χ4n) is 4.06. The maximum absolute atomic E-state index is 13.3. The van der Waals surface area contributed by atoms with Gasteiger partial charge in [0.2, 0.25) is 27.6 Å². The van der Waals surface area contributed by atoms with E-state index in [1.165, 1.54) is 15.6 Å². The lowest BCUT2D eigenvalue weighted by Crippen LogP contribution is -2.44. The molecule has 0 radical (unpaired) electrons. The molecule has 2 saturated heterocycles. The van der Waals surface area contributed by atoms with Gasteiger partial charge < -0.3 is 14.6 Å². The molecule has 4 heterocycles. The predicted octanol–water partition coefficient (Wildman–Crippen LogP) is 2.93. The highest BCUT2D eigenvalue weighted by Crippen LogP contribution is 2.35. The van der Waals surface area contributed by atoms with Gasteiger partial charge in [-0.05, 0) is 38.7 Å². The predicted molar refractivity (Wildman–Crippen MR) is 120 cm³/mol. The Hall–Kier alpha value is -1.82. The van der Waals surface area contributed by atoms with E-state index in [2.05, 4.69) is 15.5 Å². The van der Waals surface area contributed by atoms with Crippen LogP contribution in [-0.4, -0.2) is 61.1 Å². The quantitative estimate of drug-likeness (QED) is 0.645. The molecule has 2 aromatic rings. The van der Waals surface area contributed by atoms with Gasteiger partial charge in [-0.15, -0.1) is 11.3 Å². The van der Waals surface area contributed by atoms with Gasteiger partial charge in [-0.2, -0.15) is 9.29 Å². The van der Waals surface area contributed by atoms with E-state index in [0.29, 0.717) is 53.9 Å². The number of carbonyl (C=O) groups is 1. The summed E-state index contributed by atoms with van der Waals surface area (Å²) in [4.78, 5) is 18.5. The Morgan fingerprint density at radius 3 is 2.69 bits per heavy atom. The summed E-state index contributed by atoms with van der Waals surface area (Å²) in [7, 11) is -3.66. The SMILES string of the molecule is Cc1sc(-c2noc(C(C)C)n2)cc1S(=O)(=O)N1CCC(C(=O)NC[C@H]2CCCO2)CC1. The molecule has 32 heavy (non-hydrogen) atoms. The smallest absolute Gasteiger partial charge is 0.244 e. The first kappa shape index (κ1) is 23.3. The second kappa shape index (κ2) is 9.58. The average Bonchev–Trinajstić information content (AvgIpc) is 3.52. The van der Waals surface area contributed by atoms with Crippen LogP contribution in [0, 0.1) is 12.8 Å². The molecule has 9 nitrogen and oxygen atoms in total. The Kier molecular flexibility index (Phi) is 6.99. The Morgan fingerprint density at radius 2 is 2.06 bits per heavy atom. The zero-order valence-corrected chi connectivity index (χ0v) is 20.3. The summed E-state index contributed by atoms with van der Waals surface area (Å²) in [5.41, 5.74) is 0. The summed E-state index contributed by atoms with van der Waals surface area (Å²) in [6.07, 6.45) is 3.13. The summed E-state index contributed by atoms with van der Waals surface area (Å²) < 4.78 is 38.9. The van der Waals surface area contributed by atoms with Crippen LogP contribution in [0.2, 0.25) is 0 Å². The Bertz CT molecular complexity index is 1050. The molecule has 2 aliphatic rings. The van der Waals surface area contributed by atoms with Crippen molar-refractivity contribution in [2.75, 3.05) is 26.2 Å². The molecule has 1 atom stereocenters. The Balaban J connectivity index is 1.39. The third-order valence-corrected chi connectivity index (χ3v) is 9.20. The van der Waals surface area contributed by atoms with Crippen molar-refractivity contribution in [1.29, 1.82) is 0 Å². The van der Waals surface area contributed by atoms with Crippen LogP contribution in [0.3, 0.4) is 0 Å². The van der Waals surface area contributed by atoms with Crippen molar-refractivity contribution < 1.29 is 22.5 Å². The number of carbonyl (C=O) groups excluding carboxylic acids is 1. The number of piperidine rings is 1. The fraction of sp³-hybridized carbons (Fsp3) is 0.667. The summed E-state index contributed by atoms with van der Waals surface area (Å²) in [6, 6.07) is 1.63. The first-order valence-electron chi connectivity index (χ1n) is 11.1. The zero-order chi connectivity index (χ0) is 22.9. The van der Waals surface area contributed by atoms with Gasteiger partial charge in [-0.1, -0.05) is 19.0 Å². The molecule has 0 saturated carbocycles. The highest BCUT2D eigenvalue weighted by atomic mass is 32.2. The van der Waals surface area contributed by atoms with Gasteiger partial charge in [-0.3, -0.25) is 4.79 Å². The van der Waals surface area contributed by atoms with Crippen molar-refractivity contribution >= 4 is 27.3 Å². The molecule has 0 bridgehead atoms. The molecular weight excluding hydrogens is 452 g/mol. The number of hydrogen-bond acceptors (Lipinski definition) is 8. The van der Waals surface area contributed by atoms with Crippen molar-refractivity contribution in [3.05, 3.63) is 16.8 Å². The van der Waals surface area contributed by atoms with Crippen LogP contribution in [0.4, 0.5) is 0 Å². The topological polar surface area (TPSA) is 115 Å². The molecule has 1 N–H and O–H groups in total. The van der Waals surface area contributed by atoms with E-state index in [1.54, 1.807) is 13.0 Å². The van der Waals surface area contributed by atoms with Crippen LogP contribution < -0.4 is 5.32 Å². The van der Waals surface area contributed by atoms with Crippen LogP contribution in [0.1, 0.15) is 56.2 Å². The maximum atomic E-state index is 13.3. The van der Waals surface area contributed by atoms with Crippen molar-refractivity contribution in [1.82, 2.24) is 19.8 Å². The van der Waals surface area contributed by atoms with Crippen LogP contribution in [0.5, 0.6) is 0 Å². The molecule has 0 aliphatic carbocycles. The molecule has 4 rings (SSSR count). The van der Waals surface area contributed by atoms with Gasteiger partial charge in [0, 0.05) is 43.0 Å². The lowest BCUT2D eigenvalue weighted by atomic mass is 9.97. The summed E-state index contributed by atoms with van der Waals surface area (Å²) >= 11 is 1.34. The summed E-state index contributed by atoms with van der Waals surface area (Å²) in [6.45, 7) is 7.64.